The van der Waals surface area contributed by atoms with Crippen LogP contribution in [0.5, 0.6) is 0 Å². The maximum Gasteiger partial charge on any atom is 0.408 e. The van der Waals surface area contributed by atoms with Crippen molar-refractivity contribution in [2.75, 3.05) is 6.54 Å². The zero-order valence-corrected chi connectivity index (χ0v) is 17.4. The summed E-state index contributed by atoms with van der Waals surface area (Å²) in [6, 6.07) is 15.3. The first kappa shape index (κ1) is 21.6. The lowest BCUT2D eigenvalue weighted by atomic mass is 10.0. The van der Waals surface area contributed by atoms with Crippen LogP contribution in [0.15, 0.2) is 59.1 Å². The average molecular weight is 447 g/mol. The molecule has 0 bridgehead atoms. The maximum atomic E-state index is 12.4. The fourth-order valence-corrected chi connectivity index (χ4v) is 2.71. The van der Waals surface area contributed by atoms with E-state index >= 15 is 0 Å². The smallest absolute Gasteiger partial charge is 0.408 e. The summed E-state index contributed by atoms with van der Waals surface area (Å²) in [5.74, 6) is -0.820. The first-order chi connectivity index (χ1) is 13.4. The van der Waals surface area contributed by atoms with Crippen LogP contribution in [0.1, 0.15) is 29.8 Å². The molecule has 0 spiro atoms. The number of nitrogens with one attached hydrogen (secondary N) is 2. The van der Waals surface area contributed by atoms with Crippen LogP contribution >= 0.6 is 15.9 Å². The molecule has 148 valence electrons. The van der Waals surface area contributed by atoms with Crippen LogP contribution in [0.3, 0.4) is 0 Å². The maximum absolute atomic E-state index is 12.4. The van der Waals surface area contributed by atoms with Gasteiger partial charge in [-0.1, -0.05) is 72.2 Å². The van der Waals surface area contributed by atoms with E-state index in [1.807, 2.05) is 30.3 Å². The molecule has 2 aromatic carbocycles. The first-order valence-electron chi connectivity index (χ1n) is 8.90. The van der Waals surface area contributed by atoms with E-state index in [1.165, 1.54) is 0 Å². The molecular formula is C21H23BrN2O4. The molecule has 28 heavy (non-hydrogen) atoms. The SMILES string of the molecule is CC(C)C(NC(=O)OCc1ccccc1)C(=O)NCC(=O)c1ccc(Br)cc1. The van der Waals surface area contributed by atoms with Crippen molar-refractivity contribution in [1.82, 2.24) is 10.6 Å². The highest BCUT2D eigenvalue weighted by Gasteiger charge is 2.25. The molecule has 7 heteroatoms. The number of hydrogen-bond donors (Lipinski definition) is 2. The van der Waals surface area contributed by atoms with E-state index in [0.29, 0.717) is 5.56 Å². The summed E-state index contributed by atoms with van der Waals surface area (Å²) < 4.78 is 6.03. The van der Waals surface area contributed by atoms with Crippen molar-refractivity contribution < 1.29 is 19.1 Å². The molecule has 1 unspecified atom stereocenters. The number of ketones is 1. The van der Waals surface area contributed by atoms with E-state index in [4.69, 9.17) is 4.74 Å². The van der Waals surface area contributed by atoms with Crippen molar-refractivity contribution in [2.45, 2.75) is 26.5 Å². The van der Waals surface area contributed by atoms with Gasteiger partial charge in [0.1, 0.15) is 12.6 Å². The quantitative estimate of drug-likeness (QED) is 0.605. The van der Waals surface area contributed by atoms with Crippen LogP contribution in [0.25, 0.3) is 0 Å². The molecule has 0 aliphatic carbocycles. The van der Waals surface area contributed by atoms with Gasteiger partial charge in [0.05, 0.1) is 6.54 Å². The zero-order valence-electron chi connectivity index (χ0n) is 15.8. The summed E-state index contributed by atoms with van der Waals surface area (Å²) >= 11 is 3.31. The molecule has 0 saturated carbocycles. The summed E-state index contributed by atoms with van der Waals surface area (Å²) in [6.45, 7) is 3.57. The summed E-state index contributed by atoms with van der Waals surface area (Å²) in [5, 5.41) is 5.15. The van der Waals surface area contributed by atoms with Gasteiger partial charge in [0.2, 0.25) is 5.91 Å². The second-order valence-electron chi connectivity index (χ2n) is 6.58. The second kappa shape index (κ2) is 10.6. The van der Waals surface area contributed by atoms with Gasteiger partial charge in [0.15, 0.2) is 5.78 Å². The molecule has 2 N–H and O–H groups in total. The van der Waals surface area contributed by atoms with Crippen molar-refractivity contribution in [3.05, 3.63) is 70.2 Å². The molecule has 0 aliphatic rings. The predicted molar refractivity (Wildman–Crippen MR) is 110 cm³/mol. The summed E-state index contributed by atoms with van der Waals surface area (Å²) in [4.78, 5) is 36.7. The highest BCUT2D eigenvalue weighted by atomic mass is 79.9. The van der Waals surface area contributed by atoms with E-state index < -0.39 is 18.0 Å². The van der Waals surface area contributed by atoms with Crippen molar-refractivity contribution in [1.29, 1.82) is 0 Å². The van der Waals surface area contributed by atoms with Crippen molar-refractivity contribution in [2.24, 2.45) is 5.92 Å². The van der Waals surface area contributed by atoms with E-state index in [1.54, 1.807) is 38.1 Å². The van der Waals surface area contributed by atoms with Crippen LogP contribution in [-0.2, 0) is 16.1 Å². The highest BCUT2D eigenvalue weighted by Crippen LogP contribution is 2.11. The molecule has 2 aromatic rings. The molecule has 2 rings (SSSR count). The van der Waals surface area contributed by atoms with Gasteiger partial charge in [-0.15, -0.1) is 0 Å². The lowest BCUT2D eigenvalue weighted by Gasteiger charge is -2.21. The van der Waals surface area contributed by atoms with Gasteiger partial charge >= 0.3 is 6.09 Å². The Kier molecular flexibility index (Phi) is 8.19. The van der Waals surface area contributed by atoms with Crippen molar-refractivity contribution >= 4 is 33.7 Å². The minimum Gasteiger partial charge on any atom is -0.445 e. The molecule has 0 radical (unpaired) electrons. The fourth-order valence-electron chi connectivity index (χ4n) is 2.44. The van der Waals surface area contributed by atoms with E-state index in [2.05, 4.69) is 26.6 Å². The van der Waals surface area contributed by atoms with Crippen molar-refractivity contribution in [3.63, 3.8) is 0 Å². The van der Waals surface area contributed by atoms with Gasteiger partial charge in [-0.3, -0.25) is 9.59 Å². The van der Waals surface area contributed by atoms with E-state index in [0.717, 1.165) is 10.0 Å². The Morgan fingerprint density at radius 2 is 1.64 bits per heavy atom. The number of ether oxygens (including phenoxy) is 1. The third kappa shape index (κ3) is 6.81. The number of Topliss-reactive ketones (excluding diaryl/α,β-unsaturated/α-hetero) is 1. The third-order valence-corrected chi connectivity index (χ3v) is 4.55. The Morgan fingerprint density at radius 1 is 1.00 bits per heavy atom. The Hall–Kier alpha value is -2.67. The van der Waals surface area contributed by atoms with Gasteiger partial charge in [-0.2, -0.15) is 0 Å². The normalized spacial score (nSPS) is 11.6. The predicted octanol–water partition coefficient (Wildman–Crippen LogP) is 3.70. The Balaban J connectivity index is 1.85. The molecule has 0 saturated heterocycles. The molecule has 0 heterocycles. The lowest BCUT2D eigenvalue weighted by Crippen LogP contribution is -2.50. The zero-order chi connectivity index (χ0) is 20.5. The highest BCUT2D eigenvalue weighted by molar-refractivity contribution is 9.10. The minimum absolute atomic E-state index is 0.112. The molecule has 6 nitrogen and oxygen atoms in total. The number of benzene rings is 2. The minimum atomic E-state index is -0.805. The number of rotatable bonds is 8. The van der Waals surface area contributed by atoms with E-state index in [9.17, 15) is 14.4 Å². The molecular weight excluding hydrogens is 424 g/mol. The molecule has 0 aromatic heterocycles. The molecule has 1 atom stereocenters. The molecule has 2 amide bonds. The molecule has 0 aliphatic heterocycles. The van der Waals surface area contributed by atoms with Crippen LogP contribution in [0, 0.1) is 5.92 Å². The fraction of sp³-hybridized carbons (Fsp3) is 0.286. The monoisotopic (exact) mass is 446 g/mol. The number of halogens is 1. The van der Waals surface area contributed by atoms with Crippen LogP contribution < -0.4 is 10.6 Å². The number of amides is 2. The summed E-state index contributed by atoms with van der Waals surface area (Å²) in [5.41, 5.74) is 1.35. The van der Waals surface area contributed by atoms with Gasteiger partial charge in [-0.25, -0.2) is 4.79 Å². The number of carbonyl (C=O) groups is 3. The van der Waals surface area contributed by atoms with Crippen molar-refractivity contribution in [3.8, 4) is 0 Å². The number of alkyl carbamates (subject to hydrolysis) is 1. The van der Waals surface area contributed by atoms with Gasteiger partial charge < -0.3 is 15.4 Å². The van der Waals surface area contributed by atoms with E-state index in [-0.39, 0.29) is 24.9 Å². The van der Waals surface area contributed by atoms with Crippen LogP contribution in [0.2, 0.25) is 0 Å². The van der Waals surface area contributed by atoms with Gasteiger partial charge in [0, 0.05) is 10.0 Å². The Labute approximate surface area is 172 Å². The third-order valence-electron chi connectivity index (χ3n) is 4.02. The standard InChI is InChI=1S/C21H23BrN2O4/c1-14(2)19(24-21(27)28-13-15-6-4-3-5-7-15)20(26)23-12-18(25)16-8-10-17(22)11-9-16/h3-11,14,19H,12-13H2,1-2H3,(H,23,26)(H,24,27). The summed E-state index contributed by atoms with van der Waals surface area (Å²) in [6.07, 6.45) is -0.683. The number of carbonyl (C=O) groups excluding carboxylic acids is 3. The average Bonchev–Trinajstić information content (AvgIpc) is 2.69. The Morgan fingerprint density at radius 3 is 2.25 bits per heavy atom. The summed E-state index contributed by atoms with van der Waals surface area (Å²) in [7, 11) is 0. The van der Waals surface area contributed by atoms with Crippen LogP contribution in [-0.4, -0.2) is 30.4 Å². The number of hydrogen-bond acceptors (Lipinski definition) is 4. The second-order valence-corrected chi connectivity index (χ2v) is 7.49. The topological polar surface area (TPSA) is 84.5 Å². The Bertz CT molecular complexity index is 807. The van der Waals surface area contributed by atoms with Gasteiger partial charge in [-0.05, 0) is 23.6 Å². The molecule has 0 fully saturated rings. The first-order valence-corrected chi connectivity index (χ1v) is 9.70. The lowest BCUT2D eigenvalue weighted by molar-refractivity contribution is -0.123. The van der Waals surface area contributed by atoms with Crippen LogP contribution in [0.4, 0.5) is 4.79 Å². The largest absolute Gasteiger partial charge is 0.445 e. The van der Waals surface area contributed by atoms with Gasteiger partial charge in [0.25, 0.3) is 0 Å².